The van der Waals surface area contributed by atoms with Crippen molar-refractivity contribution in [3.63, 3.8) is 0 Å². The molecular formula is C19H36N2O2. The fraction of sp³-hybridized carbons (Fsp3) is 0.947. The van der Waals surface area contributed by atoms with E-state index in [2.05, 4.69) is 24.5 Å². The molecule has 4 nitrogen and oxygen atoms in total. The molecule has 2 N–H and O–H groups in total. The van der Waals surface area contributed by atoms with Crippen LogP contribution >= 0.6 is 0 Å². The van der Waals surface area contributed by atoms with E-state index in [9.17, 15) is 4.79 Å². The standard InChI is InChI=1S/C19H36N2O2/c1-13-9-10-17(14(2)11-13)20-15-7-6-8-16(12-15)21-18(22)23-19(3,4)5/h13-17,20H,6-12H2,1-5H3,(H,21,22). The van der Waals surface area contributed by atoms with Gasteiger partial charge in [0.15, 0.2) is 0 Å². The number of alkyl carbamates (subject to hydrolysis) is 1. The Morgan fingerprint density at radius 3 is 2.35 bits per heavy atom. The van der Waals surface area contributed by atoms with Gasteiger partial charge >= 0.3 is 6.09 Å². The van der Waals surface area contributed by atoms with Crippen molar-refractivity contribution in [1.82, 2.24) is 10.6 Å². The molecule has 5 unspecified atom stereocenters. The molecule has 5 atom stereocenters. The lowest BCUT2D eigenvalue weighted by molar-refractivity contribution is 0.0486. The van der Waals surface area contributed by atoms with Crippen LogP contribution < -0.4 is 10.6 Å². The van der Waals surface area contributed by atoms with E-state index in [1.807, 2.05) is 20.8 Å². The Hall–Kier alpha value is -0.770. The van der Waals surface area contributed by atoms with Crippen LogP contribution in [0.25, 0.3) is 0 Å². The highest BCUT2D eigenvalue weighted by Crippen LogP contribution is 2.30. The molecule has 2 aliphatic rings. The van der Waals surface area contributed by atoms with Gasteiger partial charge in [-0.25, -0.2) is 4.79 Å². The summed E-state index contributed by atoms with van der Waals surface area (Å²) in [6, 6.07) is 1.43. The zero-order valence-corrected chi connectivity index (χ0v) is 15.7. The fourth-order valence-corrected chi connectivity index (χ4v) is 4.16. The Morgan fingerprint density at radius 1 is 1.00 bits per heavy atom. The van der Waals surface area contributed by atoms with Gasteiger partial charge in [-0.15, -0.1) is 0 Å². The number of ether oxygens (including phenoxy) is 1. The van der Waals surface area contributed by atoms with Crippen molar-refractivity contribution < 1.29 is 9.53 Å². The second-order valence-corrected chi connectivity index (χ2v) is 8.88. The van der Waals surface area contributed by atoms with Crippen molar-refractivity contribution in [2.45, 2.75) is 103 Å². The van der Waals surface area contributed by atoms with Gasteiger partial charge in [0, 0.05) is 18.1 Å². The molecule has 0 aromatic rings. The number of nitrogens with one attached hydrogen (secondary N) is 2. The van der Waals surface area contributed by atoms with Crippen LogP contribution in [0.4, 0.5) is 4.79 Å². The summed E-state index contributed by atoms with van der Waals surface area (Å²) in [5.74, 6) is 1.63. The van der Waals surface area contributed by atoms with Gasteiger partial charge in [-0.2, -0.15) is 0 Å². The zero-order valence-electron chi connectivity index (χ0n) is 15.7. The van der Waals surface area contributed by atoms with Crippen molar-refractivity contribution in [2.75, 3.05) is 0 Å². The third-order valence-electron chi connectivity index (χ3n) is 5.28. The van der Waals surface area contributed by atoms with Crippen molar-refractivity contribution in [1.29, 1.82) is 0 Å². The van der Waals surface area contributed by atoms with E-state index in [0.29, 0.717) is 12.1 Å². The molecule has 0 saturated heterocycles. The second kappa shape index (κ2) is 7.87. The van der Waals surface area contributed by atoms with Crippen LogP contribution in [0.1, 0.15) is 79.6 Å². The molecule has 134 valence electrons. The molecule has 0 aromatic carbocycles. The maximum Gasteiger partial charge on any atom is 0.407 e. The highest BCUT2D eigenvalue weighted by Gasteiger charge is 2.30. The molecular weight excluding hydrogens is 288 g/mol. The monoisotopic (exact) mass is 324 g/mol. The van der Waals surface area contributed by atoms with E-state index in [1.54, 1.807) is 0 Å². The van der Waals surface area contributed by atoms with Crippen LogP contribution in [-0.4, -0.2) is 29.8 Å². The van der Waals surface area contributed by atoms with Gasteiger partial charge in [0.05, 0.1) is 0 Å². The average molecular weight is 325 g/mol. The van der Waals surface area contributed by atoms with Gasteiger partial charge in [-0.1, -0.05) is 13.8 Å². The minimum atomic E-state index is -0.426. The van der Waals surface area contributed by atoms with Gasteiger partial charge in [-0.05, 0) is 77.6 Å². The van der Waals surface area contributed by atoms with E-state index in [-0.39, 0.29) is 12.1 Å². The largest absolute Gasteiger partial charge is 0.444 e. The SMILES string of the molecule is CC1CCC(NC2CCCC(NC(=O)OC(C)(C)C)C2)C(C)C1. The highest BCUT2D eigenvalue weighted by molar-refractivity contribution is 5.68. The van der Waals surface area contributed by atoms with E-state index in [1.165, 1.54) is 32.1 Å². The lowest BCUT2D eigenvalue weighted by Crippen LogP contribution is -2.50. The molecule has 0 aromatic heterocycles. The fourth-order valence-electron chi connectivity index (χ4n) is 4.16. The Morgan fingerprint density at radius 2 is 1.70 bits per heavy atom. The van der Waals surface area contributed by atoms with Crippen LogP contribution in [0, 0.1) is 11.8 Å². The van der Waals surface area contributed by atoms with E-state index >= 15 is 0 Å². The molecule has 0 radical (unpaired) electrons. The summed E-state index contributed by atoms with van der Waals surface area (Å²) < 4.78 is 5.38. The molecule has 4 heteroatoms. The normalized spacial score (nSPS) is 35.6. The summed E-state index contributed by atoms with van der Waals surface area (Å²) in [6.07, 6.45) is 8.19. The number of hydrogen-bond acceptors (Lipinski definition) is 3. The summed E-state index contributed by atoms with van der Waals surface area (Å²) in [6.45, 7) is 10.5. The molecule has 2 rings (SSSR count). The van der Waals surface area contributed by atoms with E-state index < -0.39 is 5.60 Å². The Bertz CT molecular complexity index is 391. The summed E-state index contributed by atoms with van der Waals surface area (Å²) in [5, 5.41) is 6.95. The molecule has 23 heavy (non-hydrogen) atoms. The van der Waals surface area contributed by atoms with Crippen LogP contribution in [-0.2, 0) is 4.74 Å². The second-order valence-electron chi connectivity index (χ2n) is 8.88. The Kier molecular flexibility index (Phi) is 6.35. The molecule has 2 fully saturated rings. The van der Waals surface area contributed by atoms with Crippen molar-refractivity contribution >= 4 is 6.09 Å². The number of amides is 1. The van der Waals surface area contributed by atoms with Crippen LogP contribution in [0.3, 0.4) is 0 Å². The zero-order chi connectivity index (χ0) is 17.0. The number of carbonyl (C=O) groups excluding carboxylic acids is 1. The quantitative estimate of drug-likeness (QED) is 0.816. The third-order valence-corrected chi connectivity index (χ3v) is 5.28. The molecule has 1 amide bonds. The maximum absolute atomic E-state index is 12.0. The summed E-state index contributed by atoms with van der Waals surface area (Å²) >= 11 is 0. The topological polar surface area (TPSA) is 50.4 Å². The molecule has 0 heterocycles. The van der Waals surface area contributed by atoms with Crippen LogP contribution in [0.5, 0.6) is 0 Å². The van der Waals surface area contributed by atoms with Gasteiger partial charge in [0.1, 0.15) is 5.60 Å². The Labute approximate surface area is 142 Å². The predicted octanol–water partition coefficient (Wildman–Crippen LogP) is 4.24. The lowest BCUT2D eigenvalue weighted by Gasteiger charge is -2.38. The molecule has 2 saturated carbocycles. The minimum Gasteiger partial charge on any atom is -0.444 e. The van der Waals surface area contributed by atoms with Gasteiger partial charge < -0.3 is 15.4 Å². The lowest BCUT2D eigenvalue weighted by atomic mass is 9.79. The predicted molar refractivity (Wildman–Crippen MR) is 94.5 cm³/mol. The molecule has 0 aliphatic heterocycles. The summed E-state index contributed by atoms with van der Waals surface area (Å²) in [4.78, 5) is 12.0. The summed E-state index contributed by atoms with van der Waals surface area (Å²) in [7, 11) is 0. The average Bonchev–Trinajstić information content (AvgIpc) is 2.40. The van der Waals surface area contributed by atoms with Crippen LogP contribution in [0.2, 0.25) is 0 Å². The Balaban J connectivity index is 1.78. The van der Waals surface area contributed by atoms with Gasteiger partial charge in [0.25, 0.3) is 0 Å². The molecule has 2 aliphatic carbocycles. The number of hydrogen-bond donors (Lipinski definition) is 2. The van der Waals surface area contributed by atoms with Crippen molar-refractivity contribution in [3.05, 3.63) is 0 Å². The first kappa shape index (κ1) is 18.6. The smallest absolute Gasteiger partial charge is 0.407 e. The number of rotatable bonds is 3. The first-order valence-electron chi connectivity index (χ1n) is 9.48. The third kappa shape index (κ3) is 6.33. The summed E-state index contributed by atoms with van der Waals surface area (Å²) in [5.41, 5.74) is -0.426. The van der Waals surface area contributed by atoms with Crippen LogP contribution in [0.15, 0.2) is 0 Å². The van der Waals surface area contributed by atoms with E-state index in [4.69, 9.17) is 4.74 Å². The minimum absolute atomic E-state index is 0.244. The molecule has 0 bridgehead atoms. The maximum atomic E-state index is 12.0. The highest BCUT2D eigenvalue weighted by atomic mass is 16.6. The first-order valence-corrected chi connectivity index (χ1v) is 9.48. The first-order chi connectivity index (χ1) is 10.7. The van der Waals surface area contributed by atoms with E-state index in [0.717, 1.165) is 24.7 Å². The number of carbonyl (C=O) groups is 1. The van der Waals surface area contributed by atoms with Crippen molar-refractivity contribution in [2.24, 2.45) is 11.8 Å². The van der Waals surface area contributed by atoms with Gasteiger partial charge in [0.2, 0.25) is 0 Å². The van der Waals surface area contributed by atoms with Crippen molar-refractivity contribution in [3.8, 4) is 0 Å². The molecule has 0 spiro atoms. The van der Waals surface area contributed by atoms with Gasteiger partial charge in [-0.3, -0.25) is 0 Å².